The standard InChI is InChI=1S/C15H13FO4S/c1-10-2-4-11(5-3-10)9-21(19,20)14-8-12(15(17)18)6-7-13(14)16/h2-8H,9H2,1H3,(H,17,18). The highest BCUT2D eigenvalue weighted by atomic mass is 32.2. The third-order valence-corrected chi connectivity index (χ3v) is 4.69. The van der Waals surface area contributed by atoms with E-state index in [1.807, 2.05) is 6.92 Å². The molecule has 0 saturated heterocycles. The summed E-state index contributed by atoms with van der Waals surface area (Å²) in [6.45, 7) is 1.87. The molecule has 0 spiro atoms. The molecule has 6 heteroatoms. The van der Waals surface area contributed by atoms with Crippen molar-refractivity contribution in [2.24, 2.45) is 0 Å². The van der Waals surface area contributed by atoms with Gasteiger partial charge in [-0.1, -0.05) is 29.8 Å². The topological polar surface area (TPSA) is 71.4 Å². The van der Waals surface area contributed by atoms with Gasteiger partial charge in [-0.3, -0.25) is 0 Å². The summed E-state index contributed by atoms with van der Waals surface area (Å²) in [5, 5.41) is 8.87. The Morgan fingerprint density at radius 3 is 2.33 bits per heavy atom. The molecule has 0 saturated carbocycles. The fraction of sp³-hybridized carbons (Fsp3) is 0.133. The first-order valence-electron chi connectivity index (χ1n) is 6.11. The van der Waals surface area contributed by atoms with Crippen LogP contribution in [0.2, 0.25) is 0 Å². The van der Waals surface area contributed by atoms with Crippen LogP contribution in [0, 0.1) is 12.7 Å². The second kappa shape index (κ2) is 5.65. The second-order valence-electron chi connectivity index (χ2n) is 4.70. The average Bonchev–Trinajstić information content (AvgIpc) is 2.41. The van der Waals surface area contributed by atoms with Gasteiger partial charge >= 0.3 is 5.97 Å². The Morgan fingerprint density at radius 2 is 1.76 bits per heavy atom. The van der Waals surface area contributed by atoms with Gasteiger partial charge in [-0.25, -0.2) is 17.6 Å². The number of halogens is 1. The van der Waals surface area contributed by atoms with E-state index in [4.69, 9.17) is 5.11 Å². The van der Waals surface area contributed by atoms with Gasteiger partial charge in [0.1, 0.15) is 10.7 Å². The van der Waals surface area contributed by atoms with Crippen LogP contribution < -0.4 is 0 Å². The van der Waals surface area contributed by atoms with E-state index in [1.165, 1.54) is 0 Å². The quantitative estimate of drug-likeness (QED) is 0.942. The highest BCUT2D eigenvalue weighted by Gasteiger charge is 2.21. The maximum Gasteiger partial charge on any atom is 0.335 e. The van der Waals surface area contributed by atoms with Gasteiger partial charge in [-0.05, 0) is 30.7 Å². The minimum absolute atomic E-state index is 0.265. The normalized spacial score (nSPS) is 11.3. The van der Waals surface area contributed by atoms with Gasteiger partial charge in [-0.15, -0.1) is 0 Å². The summed E-state index contributed by atoms with van der Waals surface area (Å²) in [5.41, 5.74) is 1.23. The molecular weight excluding hydrogens is 295 g/mol. The SMILES string of the molecule is Cc1ccc(CS(=O)(=O)c2cc(C(=O)O)ccc2F)cc1. The fourth-order valence-corrected chi connectivity index (χ4v) is 3.31. The number of carboxylic acids is 1. The van der Waals surface area contributed by atoms with Crippen LogP contribution in [-0.4, -0.2) is 19.5 Å². The molecule has 21 heavy (non-hydrogen) atoms. The lowest BCUT2D eigenvalue weighted by Gasteiger charge is -2.07. The first kappa shape index (κ1) is 15.2. The molecule has 1 N–H and O–H groups in total. The number of aryl methyl sites for hydroxylation is 1. The van der Waals surface area contributed by atoms with Crippen molar-refractivity contribution >= 4 is 15.8 Å². The maximum atomic E-state index is 13.7. The van der Waals surface area contributed by atoms with Crippen LogP contribution in [0.5, 0.6) is 0 Å². The fourth-order valence-electron chi connectivity index (χ4n) is 1.86. The van der Waals surface area contributed by atoms with Crippen molar-refractivity contribution in [3.63, 3.8) is 0 Å². The zero-order valence-corrected chi connectivity index (χ0v) is 12.0. The van der Waals surface area contributed by atoms with E-state index in [0.717, 1.165) is 23.8 Å². The molecule has 0 atom stereocenters. The molecule has 110 valence electrons. The molecule has 0 bridgehead atoms. The van der Waals surface area contributed by atoms with Crippen LogP contribution in [0.1, 0.15) is 21.5 Å². The number of rotatable bonds is 4. The lowest BCUT2D eigenvalue weighted by Crippen LogP contribution is -2.09. The Morgan fingerprint density at radius 1 is 1.14 bits per heavy atom. The Labute approximate surface area is 121 Å². The van der Waals surface area contributed by atoms with Gasteiger partial charge in [0.25, 0.3) is 0 Å². The zero-order valence-electron chi connectivity index (χ0n) is 11.2. The molecule has 0 aliphatic rings. The summed E-state index contributed by atoms with van der Waals surface area (Å²) in [7, 11) is -3.95. The molecule has 2 aromatic rings. The maximum absolute atomic E-state index is 13.7. The van der Waals surface area contributed by atoms with Crippen LogP contribution in [0.25, 0.3) is 0 Å². The Balaban J connectivity index is 2.41. The zero-order chi connectivity index (χ0) is 15.6. The van der Waals surface area contributed by atoms with Gasteiger partial charge in [-0.2, -0.15) is 0 Å². The van der Waals surface area contributed by atoms with Crippen LogP contribution in [0.15, 0.2) is 47.4 Å². The number of carbonyl (C=O) groups is 1. The number of carboxylic acid groups (broad SMARTS) is 1. The molecule has 0 fully saturated rings. The van der Waals surface area contributed by atoms with Gasteiger partial charge in [0.2, 0.25) is 0 Å². The van der Waals surface area contributed by atoms with E-state index in [1.54, 1.807) is 24.3 Å². The van der Waals surface area contributed by atoms with E-state index in [-0.39, 0.29) is 11.3 Å². The van der Waals surface area contributed by atoms with Crippen LogP contribution in [0.3, 0.4) is 0 Å². The Kier molecular flexibility index (Phi) is 4.09. The van der Waals surface area contributed by atoms with Crippen molar-refractivity contribution in [1.82, 2.24) is 0 Å². The summed E-state index contributed by atoms with van der Waals surface area (Å²) >= 11 is 0. The molecular formula is C15H13FO4S. The molecule has 0 amide bonds. The smallest absolute Gasteiger partial charge is 0.335 e. The highest BCUT2D eigenvalue weighted by molar-refractivity contribution is 7.90. The summed E-state index contributed by atoms with van der Waals surface area (Å²) < 4.78 is 38.2. The van der Waals surface area contributed by atoms with Crippen molar-refractivity contribution < 1.29 is 22.7 Å². The summed E-state index contributed by atoms with van der Waals surface area (Å²) in [6.07, 6.45) is 0. The monoisotopic (exact) mass is 308 g/mol. The highest BCUT2D eigenvalue weighted by Crippen LogP contribution is 2.21. The van der Waals surface area contributed by atoms with Gasteiger partial charge < -0.3 is 5.11 Å². The van der Waals surface area contributed by atoms with Crippen molar-refractivity contribution in [3.8, 4) is 0 Å². The first-order valence-corrected chi connectivity index (χ1v) is 7.76. The minimum Gasteiger partial charge on any atom is -0.478 e. The molecule has 2 aromatic carbocycles. The predicted molar refractivity (Wildman–Crippen MR) is 75.4 cm³/mol. The van der Waals surface area contributed by atoms with Crippen molar-refractivity contribution in [3.05, 3.63) is 65.0 Å². The van der Waals surface area contributed by atoms with E-state index in [0.29, 0.717) is 5.56 Å². The van der Waals surface area contributed by atoms with E-state index < -0.39 is 26.5 Å². The largest absolute Gasteiger partial charge is 0.478 e. The van der Waals surface area contributed by atoms with Gasteiger partial charge in [0.15, 0.2) is 9.84 Å². The molecule has 0 aromatic heterocycles. The van der Waals surface area contributed by atoms with Crippen LogP contribution in [-0.2, 0) is 15.6 Å². The molecule has 0 unspecified atom stereocenters. The lowest BCUT2D eigenvalue weighted by atomic mass is 10.2. The second-order valence-corrected chi connectivity index (χ2v) is 6.65. The van der Waals surface area contributed by atoms with Gasteiger partial charge in [0, 0.05) is 0 Å². The predicted octanol–water partition coefficient (Wildman–Crippen LogP) is 2.81. The molecule has 0 heterocycles. The van der Waals surface area contributed by atoms with Crippen LogP contribution in [0.4, 0.5) is 4.39 Å². The number of aromatic carboxylic acids is 1. The molecule has 0 radical (unpaired) electrons. The van der Waals surface area contributed by atoms with Crippen molar-refractivity contribution in [2.75, 3.05) is 0 Å². The Bertz CT molecular complexity index is 780. The summed E-state index contributed by atoms with van der Waals surface area (Å²) in [4.78, 5) is 10.3. The Hall–Kier alpha value is -2.21. The third-order valence-electron chi connectivity index (χ3n) is 2.99. The molecule has 2 rings (SSSR count). The van der Waals surface area contributed by atoms with Crippen LogP contribution >= 0.6 is 0 Å². The number of sulfone groups is 1. The summed E-state index contributed by atoms with van der Waals surface area (Å²) in [6, 6.07) is 9.54. The molecule has 4 nitrogen and oxygen atoms in total. The lowest BCUT2D eigenvalue weighted by molar-refractivity contribution is 0.0696. The van der Waals surface area contributed by atoms with Gasteiger partial charge in [0.05, 0.1) is 11.3 Å². The number of benzene rings is 2. The van der Waals surface area contributed by atoms with E-state index in [2.05, 4.69) is 0 Å². The third kappa shape index (κ3) is 3.46. The summed E-state index contributed by atoms with van der Waals surface area (Å²) in [5.74, 6) is -2.64. The van der Waals surface area contributed by atoms with E-state index in [9.17, 15) is 17.6 Å². The molecule has 0 aliphatic heterocycles. The van der Waals surface area contributed by atoms with E-state index >= 15 is 0 Å². The van der Waals surface area contributed by atoms with Crippen molar-refractivity contribution in [1.29, 1.82) is 0 Å². The minimum atomic E-state index is -3.95. The number of hydrogen-bond donors (Lipinski definition) is 1. The first-order chi connectivity index (χ1) is 9.79. The van der Waals surface area contributed by atoms with Crippen molar-refractivity contribution in [2.45, 2.75) is 17.6 Å². The number of hydrogen-bond acceptors (Lipinski definition) is 3. The molecule has 0 aliphatic carbocycles. The average molecular weight is 308 g/mol.